The van der Waals surface area contributed by atoms with E-state index in [1.54, 1.807) is 22.3 Å². The van der Waals surface area contributed by atoms with Crippen LogP contribution in [-0.4, -0.2) is 43.2 Å². The van der Waals surface area contributed by atoms with Crippen molar-refractivity contribution in [3.63, 3.8) is 0 Å². The molecule has 1 aliphatic carbocycles. The second-order valence-electron chi connectivity index (χ2n) is 6.13. The van der Waals surface area contributed by atoms with Crippen LogP contribution in [0.25, 0.3) is 0 Å². The van der Waals surface area contributed by atoms with Crippen LogP contribution in [0.15, 0.2) is 12.7 Å². The van der Waals surface area contributed by atoms with E-state index in [-0.39, 0.29) is 24.4 Å². The number of carbonyl (C=O) groups is 1. The van der Waals surface area contributed by atoms with Crippen molar-refractivity contribution in [2.45, 2.75) is 44.6 Å². The Morgan fingerprint density at radius 2 is 2.25 bits per heavy atom. The predicted octanol–water partition coefficient (Wildman–Crippen LogP) is 2.73. The first-order valence-corrected chi connectivity index (χ1v) is 9.31. The molecule has 5 nitrogen and oxygen atoms in total. The number of thiazole rings is 1. The summed E-state index contributed by atoms with van der Waals surface area (Å²) in [5, 5.41) is 4.04. The quantitative estimate of drug-likeness (QED) is 0.749. The number of aryl methyl sites for hydroxylation is 2. The van der Waals surface area contributed by atoms with E-state index in [2.05, 4.69) is 11.9 Å². The van der Waals surface area contributed by atoms with Gasteiger partial charge in [-0.25, -0.2) is 4.98 Å². The molecule has 1 N–H and O–H groups in total. The summed E-state index contributed by atoms with van der Waals surface area (Å²) in [4.78, 5) is 20.4. The smallest absolute Gasteiger partial charge is 0.243 e. The van der Waals surface area contributed by atoms with E-state index >= 15 is 0 Å². The lowest BCUT2D eigenvalue weighted by molar-refractivity contribution is -0.117. The fourth-order valence-electron chi connectivity index (χ4n) is 3.11. The molecule has 2 aliphatic rings. The maximum atomic E-state index is 12.6. The van der Waals surface area contributed by atoms with Crippen LogP contribution in [0.2, 0.25) is 0 Å². The number of halogens is 1. The lowest BCUT2D eigenvalue weighted by atomic mass is 10.0. The highest BCUT2D eigenvalue weighted by molar-refractivity contribution is 7.16. The molecule has 3 rings (SSSR count). The minimum atomic E-state index is 0. The molecule has 1 aliphatic heterocycles. The lowest BCUT2D eigenvalue weighted by Crippen LogP contribution is -2.40. The molecule has 1 aromatic rings. The summed E-state index contributed by atoms with van der Waals surface area (Å²) < 4.78 is 5.57. The van der Waals surface area contributed by atoms with Crippen LogP contribution >= 0.6 is 23.7 Å². The number of anilines is 1. The highest BCUT2D eigenvalue weighted by Crippen LogP contribution is 2.31. The highest BCUT2D eigenvalue weighted by atomic mass is 35.5. The third-order valence-corrected chi connectivity index (χ3v) is 5.53. The van der Waals surface area contributed by atoms with Crippen molar-refractivity contribution in [1.29, 1.82) is 0 Å². The molecule has 0 aromatic carbocycles. The van der Waals surface area contributed by atoms with Crippen molar-refractivity contribution in [2.24, 2.45) is 0 Å². The number of rotatable bonds is 7. The third-order valence-electron chi connectivity index (χ3n) is 4.35. The van der Waals surface area contributed by atoms with Crippen LogP contribution < -0.4 is 10.2 Å². The molecule has 2 heterocycles. The van der Waals surface area contributed by atoms with Crippen LogP contribution in [0, 0.1) is 0 Å². The van der Waals surface area contributed by atoms with Gasteiger partial charge in [0.15, 0.2) is 5.13 Å². The lowest BCUT2D eigenvalue weighted by Gasteiger charge is -2.19. The average molecular weight is 372 g/mol. The van der Waals surface area contributed by atoms with Crippen molar-refractivity contribution in [1.82, 2.24) is 10.3 Å². The van der Waals surface area contributed by atoms with Crippen molar-refractivity contribution < 1.29 is 9.53 Å². The molecule has 1 unspecified atom stereocenters. The maximum Gasteiger partial charge on any atom is 0.243 e. The monoisotopic (exact) mass is 371 g/mol. The van der Waals surface area contributed by atoms with Gasteiger partial charge in [0.05, 0.1) is 18.3 Å². The first-order valence-electron chi connectivity index (χ1n) is 8.50. The van der Waals surface area contributed by atoms with Gasteiger partial charge in [-0.1, -0.05) is 6.08 Å². The number of hydrogen-bond donors (Lipinski definition) is 1. The number of aromatic nitrogens is 1. The van der Waals surface area contributed by atoms with Gasteiger partial charge in [-0.3, -0.25) is 9.69 Å². The van der Waals surface area contributed by atoms with Crippen molar-refractivity contribution in [3.8, 4) is 0 Å². The minimum Gasteiger partial charge on any atom is -0.377 e. The van der Waals surface area contributed by atoms with Gasteiger partial charge >= 0.3 is 0 Å². The van der Waals surface area contributed by atoms with Crippen molar-refractivity contribution >= 4 is 34.8 Å². The van der Waals surface area contributed by atoms with Gasteiger partial charge in [0.2, 0.25) is 5.91 Å². The molecule has 1 fully saturated rings. The van der Waals surface area contributed by atoms with E-state index in [9.17, 15) is 4.79 Å². The molecular weight excluding hydrogens is 346 g/mol. The predicted molar refractivity (Wildman–Crippen MR) is 100 cm³/mol. The Kier molecular flexibility index (Phi) is 7.68. The molecular formula is C17H26ClN3O2S. The first-order chi connectivity index (χ1) is 11.3. The summed E-state index contributed by atoms with van der Waals surface area (Å²) >= 11 is 1.66. The molecule has 134 valence electrons. The molecule has 1 saturated heterocycles. The maximum absolute atomic E-state index is 12.6. The third kappa shape index (κ3) is 4.79. The number of carbonyl (C=O) groups excluding carboxylic acids is 1. The van der Waals surface area contributed by atoms with Crippen molar-refractivity contribution in [3.05, 3.63) is 23.2 Å². The Labute approximate surface area is 153 Å². The zero-order valence-electron chi connectivity index (χ0n) is 14.0. The van der Waals surface area contributed by atoms with Crippen LogP contribution in [0.1, 0.15) is 36.3 Å². The SMILES string of the molecule is C=CCN(C(=O)CNCC1CCCO1)c1nc2c(s1)CCCC2.Cl. The number of nitrogens with zero attached hydrogens (tertiary/aromatic N) is 2. The Morgan fingerprint density at radius 1 is 1.42 bits per heavy atom. The number of nitrogens with one attached hydrogen (secondary N) is 1. The van der Waals surface area contributed by atoms with Gasteiger partial charge in [0, 0.05) is 24.6 Å². The zero-order chi connectivity index (χ0) is 16.1. The second-order valence-corrected chi connectivity index (χ2v) is 7.19. The van der Waals surface area contributed by atoms with Gasteiger partial charge in [-0.05, 0) is 38.5 Å². The topological polar surface area (TPSA) is 54.5 Å². The van der Waals surface area contributed by atoms with E-state index in [4.69, 9.17) is 9.72 Å². The highest BCUT2D eigenvalue weighted by Gasteiger charge is 2.22. The van der Waals surface area contributed by atoms with Crippen LogP contribution in [0.4, 0.5) is 5.13 Å². The number of fused-ring (bicyclic) bond motifs is 1. The summed E-state index contributed by atoms with van der Waals surface area (Å²) in [6.07, 6.45) is 8.78. The van der Waals surface area contributed by atoms with E-state index in [0.29, 0.717) is 13.1 Å². The summed E-state index contributed by atoms with van der Waals surface area (Å²) in [5.41, 5.74) is 1.19. The summed E-state index contributed by atoms with van der Waals surface area (Å²) in [7, 11) is 0. The van der Waals surface area contributed by atoms with Crippen LogP contribution in [0.3, 0.4) is 0 Å². The van der Waals surface area contributed by atoms with Gasteiger partial charge in [0.1, 0.15) is 0 Å². The molecule has 24 heavy (non-hydrogen) atoms. The van der Waals surface area contributed by atoms with E-state index in [0.717, 1.165) is 44.0 Å². The molecule has 0 bridgehead atoms. The molecule has 0 saturated carbocycles. The van der Waals surface area contributed by atoms with E-state index in [1.807, 2.05) is 0 Å². The largest absolute Gasteiger partial charge is 0.377 e. The fraction of sp³-hybridized carbons (Fsp3) is 0.647. The average Bonchev–Trinajstić information content (AvgIpc) is 3.21. The zero-order valence-corrected chi connectivity index (χ0v) is 15.6. The van der Waals surface area contributed by atoms with Crippen molar-refractivity contribution in [2.75, 3.05) is 31.1 Å². The van der Waals surface area contributed by atoms with E-state index in [1.165, 1.54) is 23.4 Å². The van der Waals surface area contributed by atoms with Crippen LogP contribution in [0.5, 0.6) is 0 Å². The van der Waals surface area contributed by atoms with Gasteiger partial charge < -0.3 is 10.1 Å². The standard InChI is InChI=1S/C17H25N3O2S.ClH/c1-2-9-20(16(21)12-18-11-13-6-5-10-22-13)17-19-14-7-3-4-8-15(14)23-17;/h2,13,18H,1,3-12H2;1H. The molecule has 0 spiro atoms. The minimum absolute atomic E-state index is 0. The number of hydrogen-bond acceptors (Lipinski definition) is 5. The Bertz CT molecular complexity index is 535. The Hall–Kier alpha value is -0.950. The van der Waals surface area contributed by atoms with Crippen LogP contribution in [-0.2, 0) is 22.4 Å². The van der Waals surface area contributed by atoms with Gasteiger partial charge in [0.25, 0.3) is 0 Å². The number of amides is 1. The van der Waals surface area contributed by atoms with E-state index < -0.39 is 0 Å². The summed E-state index contributed by atoms with van der Waals surface area (Å²) in [5.74, 6) is 0.0500. The molecule has 1 amide bonds. The molecule has 7 heteroatoms. The first kappa shape index (κ1) is 19.4. The van der Waals surface area contributed by atoms with Gasteiger partial charge in [-0.15, -0.1) is 30.3 Å². The second kappa shape index (κ2) is 9.51. The number of ether oxygens (including phenoxy) is 1. The van der Waals surface area contributed by atoms with Gasteiger partial charge in [-0.2, -0.15) is 0 Å². The summed E-state index contributed by atoms with van der Waals surface area (Å²) in [6.45, 7) is 6.18. The molecule has 1 aromatic heterocycles. The Balaban J connectivity index is 0.00000208. The fourth-order valence-corrected chi connectivity index (χ4v) is 4.29. The summed E-state index contributed by atoms with van der Waals surface area (Å²) in [6, 6.07) is 0. The Morgan fingerprint density at radius 3 is 2.96 bits per heavy atom. The molecule has 1 atom stereocenters. The molecule has 0 radical (unpaired) electrons. The normalized spacial score (nSPS) is 19.4.